The summed E-state index contributed by atoms with van der Waals surface area (Å²) in [6, 6.07) is 22.2. The summed E-state index contributed by atoms with van der Waals surface area (Å²) >= 11 is 1.83. The van der Waals surface area contributed by atoms with Gasteiger partial charge in [0.1, 0.15) is 11.6 Å². The second-order valence-corrected chi connectivity index (χ2v) is 10.9. The highest BCUT2D eigenvalue weighted by Crippen LogP contribution is 2.49. The first-order valence-electron chi connectivity index (χ1n) is 12.1. The van der Waals surface area contributed by atoms with Crippen molar-refractivity contribution in [1.29, 1.82) is 0 Å². The van der Waals surface area contributed by atoms with E-state index in [1.165, 1.54) is 33.7 Å². The van der Waals surface area contributed by atoms with Crippen LogP contribution in [0, 0.1) is 24.0 Å². The van der Waals surface area contributed by atoms with E-state index in [9.17, 15) is 8.78 Å². The number of hydrogen-bond donors (Lipinski definition) is 1. The number of allylic oxidation sites excluding steroid dienone is 2. The third-order valence-electron chi connectivity index (χ3n) is 7.01. The molecule has 3 aromatic rings. The molecule has 0 amide bonds. The summed E-state index contributed by atoms with van der Waals surface area (Å²) < 4.78 is 29.5. The van der Waals surface area contributed by atoms with E-state index in [1.54, 1.807) is 24.3 Å². The van der Waals surface area contributed by atoms with Crippen LogP contribution in [0.15, 0.2) is 101 Å². The SMILES string of the molecule is CC1=C(Nc2ccc(F)cc2)C=C2CCN(Sc3ccc(C)cc3)CC2(Cc2ccc(F)cc2)C1. The molecule has 5 rings (SSSR count). The van der Waals surface area contributed by atoms with Gasteiger partial charge in [-0.1, -0.05) is 35.4 Å². The number of piperidine rings is 1. The first kappa shape index (κ1) is 23.8. The maximum absolute atomic E-state index is 13.6. The predicted molar refractivity (Wildman–Crippen MR) is 141 cm³/mol. The van der Waals surface area contributed by atoms with Crippen LogP contribution in [0.2, 0.25) is 0 Å². The molecule has 0 spiro atoms. The highest BCUT2D eigenvalue weighted by Gasteiger charge is 2.42. The number of nitrogens with zero attached hydrogens (tertiary/aromatic N) is 1. The van der Waals surface area contributed by atoms with Crippen molar-refractivity contribution in [2.45, 2.75) is 38.0 Å². The highest BCUT2D eigenvalue weighted by molar-refractivity contribution is 7.97. The Kier molecular flexibility index (Phi) is 6.81. The molecule has 1 atom stereocenters. The van der Waals surface area contributed by atoms with Gasteiger partial charge in [-0.15, -0.1) is 0 Å². The van der Waals surface area contributed by atoms with Gasteiger partial charge in [0.15, 0.2) is 0 Å². The van der Waals surface area contributed by atoms with Gasteiger partial charge < -0.3 is 5.32 Å². The topological polar surface area (TPSA) is 15.3 Å². The lowest BCUT2D eigenvalue weighted by Gasteiger charge is -2.47. The number of halogens is 2. The van der Waals surface area contributed by atoms with Crippen LogP contribution in [0.5, 0.6) is 0 Å². The monoisotopic (exact) mass is 488 g/mol. The lowest BCUT2D eigenvalue weighted by Crippen LogP contribution is -2.45. The van der Waals surface area contributed by atoms with Gasteiger partial charge in [-0.3, -0.25) is 0 Å². The Morgan fingerprint density at radius 3 is 2.23 bits per heavy atom. The van der Waals surface area contributed by atoms with Gasteiger partial charge >= 0.3 is 0 Å². The number of benzene rings is 3. The summed E-state index contributed by atoms with van der Waals surface area (Å²) in [6.45, 7) is 6.19. The van der Waals surface area contributed by atoms with Crippen molar-refractivity contribution < 1.29 is 8.78 Å². The van der Waals surface area contributed by atoms with E-state index in [2.05, 4.69) is 53.8 Å². The van der Waals surface area contributed by atoms with Gasteiger partial charge in [-0.2, -0.15) is 0 Å². The molecule has 1 fully saturated rings. The molecule has 1 aliphatic carbocycles. The highest BCUT2D eigenvalue weighted by atomic mass is 32.2. The van der Waals surface area contributed by atoms with Crippen LogP contribution < -0.4 is 5.32 Å². The average Bonchev–Trinajstić information content (AvgIpc) is 2.84. The second kappa shape index (κ2) is 10.00. The van der Waals surface area contributed by atoms with Crippen molar-refractivity contribution in [2.75, 3.05) is 18.4 Å². The Morgan fingerprint density at radius 2 is 1.54 bits per heavy atom. The zero-order valence-corrected chi connectivity index (χ0v) is 21.0. The van der Waals surface area contributed by atoms with Crippen LogP contribution in [-0.2, 0) is 6.42 Å². The molecule has 0 aromatic heterocycles. The summed E-state index contributed by atoms with van der Waals surface area (Å²) in [5, 5.41) is 3.50. The van der Waals surface area contributed by atoms with E-state index in [-0.39, 0.29) is 17.0 Å². The summed E-state index contributed by atoms with van der Waals surface area (Å²) in [4.78, 5) is 1.25. The minimum absolute atomic E-state index is 0.0498. The lowest BCUT2D eigenvalue weighted by atomic mass is 9.65. The third kappa shape index (κ3) is 5.52. The molecular formula is C30H30F2N2S. The van der Waals surface area contributed by atoms with Crippen molar-refractivity contribution in [1.82, 2.24) is 4.31 Å². The van der Waals surface area contributed by atoms with Crippen molar-refractivity contribution in [3.05, 3.63) is 118 Å². The molecule has 35 heavy (non-hydrogen) atoms. The fourth-order valence-electron chi connectivity index (χ4n) is 5.21. The van der Waals surface area contributed by atoms with E-state index in [4.69, 9.17) is 0 Å². The Balaban J connectivity index is 1.42. The Labute approximate surface area is 210 Å². The standard InChI is InChI=1S/C30H30F2N2S/c1-21-3-13-28(14-4-21)35-34-16-15-24-17-29(33-27-11-9-26(32)10-12-27)22(2)18-30(24,20-34)19-23-5-7-25(31)8-6-23/h3-14,17,33H,15-16,18-20H2,1-2H3. The Morgan fingerprint density at radius 1 is 0.886 bits per heavy atom. The molecule has 180 valence electrons. The van der Waals surface area contributed by atoms with Gasteiger partial charge in [0.25, 0.3) is 0 Å². The van der Waals surface area contributed by atoms with Crippen LogP contribution in [0.25, 0.3) is 0 Å². The van der Waals surface area contributed by atoms with Crippen molar-refractivity contribution in [2.24, 2.45) is 5.41 Å². The number of hydrogen-bond acceptors (Lipinski definition) is 3. The first-order valence-corrected chi connectivity index (χ1v) is 12.8. The molecule has 1 unspecified atom stereocenters. The van der Waals surface area contributed by atoms with Crippen LogP contribution in [0.3, 0.4) is 0 Å². The van der Waals surface area contributed by atoms with Crippen molar-refractivity contribution in [3.63, 3.8) is 0 Å². The summed E-state index contributed by atoms with van der Waals surface area (Å²) in [6.07, 6.45) is 5.07. The molecule has 0 radical (unpaired) electrons. The number of fused-ring (bicyclic) bond motifs is 1. The molecule has 3 aromatic carbocycles. The van der Waals surface area contributed by atoms with E-state index in [0.29, 0.717) is 0 Å². The molecule has 0 saturated carbocycles. The normalized spacial score (nSPS) is 20.4. The van der Waals surface area contributed by atoms with Crippen LogP contribution >= 0.6 is 11.9 Å². The summed E-state index contributed by atoms with van der Waals surface area (Å²) in [5.74, 6) is -0.437. The van der Waals surface area contributed by atoms with Gasteiger partial charge in [0, 0.05) is 34.8 Å². The van der Waals surface area contributed by atoms with Gasteiger partial charge in [0.2, 0.25) is 0 Å². The molecule has 2 nitrogen and oxygen atoms in total. The largest absolute Gasteiger partial charge is 0.356 e. The molecule has 1 aliphatic heterocycles. The van der Waals surface area contributed by atoms with Crippen LogP contribution in [0.4, 0.5) is 14.5 Å². The maximum Gasteiger partial charge on any atom is 0.123 e. The van der Waals surface area contributed by atoms with Crippen LogP contribution in [-0.4, -0.2) is 17.4 Å². The molecule has 2 aliphatic rings. The van der Waals surface area contributed by atoms with E-state index in [1.807, 2.05) is 24.1 Å². The number of rotatable bonds is 6. The zero-order chi connectivity index (χ0) is 24.4. The zero-order valence-electron chi connectivity index (χ0n) is 20.2. The molecule has 5 heteroatoms. The molecule has 1 heterocycles. The fraction of sp³-hybridized carbons (Fsp3) is 0.267. The van der Waals surface area contributed by atoms with Gasteiger partial charge in [0.05, 0.1) is 0 Å². The van der Waals surface area contributed by atoms with Gasteiger partial charge in [-0.05, 0) is 111 Å². The number of aryl methyl sites for hydroxylation is 1. The smallest absolute Gasteiger partial charge is 0.123 e. The second-order valence-electron chi connectivity index (χ2n) is 9.77. The summed E-state index contributed by atoms with van der Waals surface area (Å²) in [7, 11) is 0. The fourth-order valence-corrected chi connectivity index (χ4v) is 6.26. The third-order valence-corrected chi connectivity index (χ3v) is 8.06. The number of anilines is 1. The first-order chi connectivity index (χ1) is 16.9. The van der Waals surface area contributed by atoms with Gasteiger partial charge in [-0.25, -0.2) is 13.1 Å². The lowest BCUT2D eigenvalue weighted by molar-refractivity contribution is 0.218. The van der Waals surface area contributed by atoms with Crippen LogP contribution in [0.1, 0.15) is 30.9 Å². The minimum atomic E-state index is -0.236. The minimum Gasteiger partial charge on any atom is -0.356 e. The summed E-state index contributed by atoms with van der Waals surface area (Å²) in [5.41, 5.74) is 7.06. The Hall–Kier alpha value is -2.89. The molecule has 0 bridgehead atoms. The maximum atomic E-state index is 13.6. The number of nitrogens with one attached hydrogen (secondary N) is 1. The Bertz CT molecular complexity index is 1250. The van der Waals surface area contributed by atoms with E-state index in [0.717, 1.165) is 49.3 Å². The molecule has 1 saturated heterocycles. The predicted octanol–water partition coefficient (Wildman–Crippen LogP) is 7.93. The van der Waals surface area contributed by atoms with E-state index >= 15 is 0 Å². The molecule has 1 N–H and O–H groups in total. The van der Waals surface area contributed by atoms with Crippen molar-refractivity contribution >= 4 is 17.6 Å². The van der Waals surface area contributed by atoms with E-state index < -0.39 is 0 Å². The molecular weight excluding hydrogens is 458 g/mol. The quantitative estimate of drug-likeness (QED) is 0.355. The van der Waals surface area contributed by atoms with Crippen molar-refractivity contribution in [3.8, 4) is 0 Å². The average molecular weight is 489 g/mol.